The van der Waals surface area contributed by atoms with Crippen LogP contribution < -0.4 is 20.5 Å². The summed E-state index contributed by atoms with van der Waals surface area (Å²) >= 11 is 0. The molecule has 7 heteroatoms. The predicted octanol–water partition coefficient (Wildman–Crippen LogP) is 2.12. The van der Waals surface area contributed by atoms with Crippen LogP contribution in [0, 0.1) is 0 Å². The smallest absolute Gasteiger partial charge is 0.247 e. The Bertz CT molecular complexity index is 852. The van der Waals surface area contributed by atoms with Crippen LogP contribution in [0.3, 0.4) is 0 Å². The predicted molar refractivity (Wildman–Crippen MR) is 106 cm³/mol. The Morgan fingerprint density at radius 3 is 2.46 bits per heavy atom. The first-order valence-corrected chi connectivity index (χ1v) is 9.25. The van der Waals surface area contributed by atoms with Crippen molar-refractivity contribution in [2.45, 2.75) is 19.4 Å². The van der Waals surface area contributed by atoms with Crippen LogP contribution in [-0.4, -0.2) is 43.0 Å². The van der Waals surface area contributed by atoms with Gasteiger partial charge in [0.1, 0.15) is 18.8 Å². The van der Waals surface area contributed by atoms with Gasteiger partial charge in [0.25, 0.3) is 0 Å². The molecule has 1 heterocycles. The Morgan fingerprint density at radius 2 is 1.79 bits per heavy atom. The maximum absolute atomic E-state index is 13.0. The van der Waals surface area contributed by atoms with Gasteiger partial charge in [-0.15, -0.1) is 0 Å². The van der Waals surface area contributed by atoms with Gasteiger partial charge < -0.3 is 25.4 Å². The van der Waals surface area contributed by atoms with E-state index in [2.05, 4.69) is 5.32 Å². The molecular weight excluding hydrogens is 358 g/mol. The van der Waals surface area contributed by atoms with Crippen molar-refractivity contribution in [3.05, 3.63) is 54.1 Å². The van der Waals surface area contributed by atoms with Gasteiger partial charge in [0.2, 0.25) is 11.8 Å². The molecule has 0 radical (unpaired) electrons. The Kier molecular flexibility index (Phi) is 5.84. The Labute approximate surface area is 164 Å². The van der Waals surface area contributed by atoms with Crippen molar-refractivity contribution in [3.8, 4) is 11.5 Å². The monoisotopic (exact) mass is 383 g/mol. The second kappa shape index (κ2) is 8.31. The van der Waals surface area contributed by atoms with Crippen LogP contribution in [-0.2, 0) is 15.1 Å². The van der Waals surface area contributed by atoms with E-state index in [1.54, 1.807) is 37.3 Å². The molecule has 0 saturated carbocycles. The second-order valence-corrected chi connectivity index (χ2v) is 6.79. The highest BCUT2D eigenvalue weighted by molar-refractivity contribution is 5.96. The molecule has 2 aromatic rings. The maximum atomic E-state index is 13.0. The molecule has 3 rings (SSSR count). The van der Waals surface area contributed by atoms with E-state index in [0.717, 1.165) is 0 Å². The number of likely N-dealkylation sites (N-methyl/N-ethyl adjacent to an activating group) is 1. The Morgan fingerprint density at radius 1 is 1.11 bits per heavy atom. The number of hydrogen-bond donors (Lipinski definition) is 2. The van der Waals surface area contributed by atoms with Crippen molar-refractivity contribution in [2.24, 2.45) is 5.73 Å². The lowest BCUT2D eigenvalue weighted by atomic mass is 9.91. The maximum Gasteiger partial charge on any atom is 0.247 e. The SMILES string of the molecule is CCN(CC(=O)Nc1ccc2c(c1)OCCO2)C(=O)C(C)(N)c1ccccc1. The number of benzene rings is 2. The molecule has 0 saturated heterocycles. The van der Waals surface area contributed by atoms with Crippen LogP contribution in [0.4, 0.5) is 5.69 Å². The summed E-state index contributed by atoms with van der Waals surface area (Å²) in [5.74, 6) is 0.622. The number of hydrogen-bond acceptors (Lipinski definition) is 5. The van der Waals surface area contributed by atoms with Gasteiger partial charge in [-0.3, -0.25) is 9.59 Å². The third-order valence-corrected chi connectivity index (χ3v) is 4.65. The van der Waals surface area contributed by atoms with E-state index < -0.39 is 5.54 Å². The molecule has 3 N–H and O–H groups in total. The van der Waals surface area contributed by atoms with Crippen molar-refractivity contribution in [1.82, 2.24) is 4.90 Å². The highest BCUT2D eigenvalue weighted by atomic mass is 16.6. The molecule has 0 aromatic heterocycles. The van der Waals surface area contributed by atoms with E-state index in [1.165, 1.54) is 4.90 Å². The number of fused-ring (bicyclic) bond motifs is 1. The van der Waals surface area contributed by atoms with Crippen LogP contribution in [0.5, 0.6) is 11.5 Å². The lowest BCUT2D eigenvalue weighted by Crippen LogP contribution is -2.52. The first kappa shape index (κ1) is 19.7. The second-order valence-electron chi connectivity index (χ2n) is 6.79. The van der Waals surface area contributed by atoms with E-state index in [-0.39, 0.29) is 18.4 Å². The fraction of sp³-hybridized carbons (Fsp3) is 0.333. The van der Waals surface area contributed by atoms with E-state index in [9.17, 15) is 9.59 Å². The van der Waals surface area contributed by atoms with Crippen molar-refractivity contribution < 1.29 is 19.1 Å². The van der Waals surface area contributed by atoms with Gasteiger partial charge in [0.15, 0.2) is 11.5 Å². The fourth-order valence-corrected chi connectivity index (χ4v) is 3.06. The van der Waals surface area contributed by atoms with Gasteiger partial charge >= 0.3 is 0 Å². The minimum absolute atomic E-state index is 0.0939. The van der Waals surface area contributed by atoms with E-state index in [4.69, 9.17) is 15.2 Å². The fourth-order valence-electron chi connectivity index (χ4n) is 3.06. The molecule has 0 spiro atoms. The molecule has 28 heavy (non-hydrogen) atoms. The summed E-state index contributed by atoms with van der Waals surface area (Å²) in [7, 11) is 0. The third kappa shape index (κ3) is 4.26. The zero-order valence-electron chi connectivity index (χ0n) is 16.1. The third-order valence-electron chi connectivity index (χ3n) is 4.65. The number of ether oxygens (including phenoxy) is 2. The largest absolute Gasteiger partial charge is 0.486 e. The number of rotatable bonds is 6. The molecule has 7 nitrogen and oxygen atoms in total. The van der Waals surface area contributed by atoms with E-state index >= 15 is 0 Å². The molecule has 1 unspecified atom stereocenters. The lowest BCUT2D eigenvalue weighted by Gasteiger charge is -2.31. The first-order valence-electron chi connectivity index (χ1n) is 9.25. The zero-order chi connectivity index (χ0) is 20.1. The van der Waals surface area contributed by atoms with Gasteiger partial charge in [-0.05, 0) is 31.5 Å². The standard InChI is InChI=1S/C21H25N3O4/c1-3-24(20(26)21(2,22)15-7-5-4-6-8-15)14-19(25)23-16-9-10-17-18(13-16)28-12-11-27-17/h4-10,13H,3,11-12,14,22H2,1-2H3,(H,23,25). The normalized spacial score (nSPS) is 14.7. The highest BCUT2D eigenvalue weighted by Crippen LogP contribution is 2.32. The average Bonchev–Trinajstić information content (AvgIpc) is 2.72. The van der Waals surface area contributed by atoms with Crippen molar-refractivity contribution in [2.75, 3.05) is 31.6 Å². The lowest BCUT2D eigenvalue weighted by molar-refractivity contribution is -0.139. The summed E-state index contributed by atoms with van der Waals surface area (Å²) < 4.78 is 11.0. The zero-order valence-corrected chi connectivity index (χ0v) is 16.1. The van der Waals surface area contributed by atoms with Crippen molar-refractivity contribution >= 4 is 17.5 Å². The van der Waals surface area contributed by atoms with Crippen LogP contribution in [0.1, 0.15) is 19.4 Å². The minimum atomic E-state index is -1.21. The number of nitrogens with two attached hydrogens (primary N) is 1. The number of nitrogens with one attached hydrogen (secondary N) is 1. The topological polar surface area (TPSA) is 93.9 Å². The minimum Gasteiger partial charge on any atom is -0.486 e. The molecular formula is C21H25N3O4. The summed E-state index contributed by atoms with van der Waals surface area (Å²) in [6.07, 6.45) is 0. The molecule has 0 fully saturated rings. The number of carbonyl (C=O) groups is 2. The van der Waals surface area contributed by atoms with Crippen molar-refractivity contribution in [3.63, 3.8) is 0 Å². The average molecular weight is 383 g/mol. The molecule has 0 bridgehead atoms. The summed E-state index contributed by atoms with van der Waals surface area (Å²) in [5.41, 5.74) is 6.38. The van der Waals surface area contributed by atoms with Gasteiger partial charge in [-0.25, -0.2) is 0 Å². The summed E-state index contributed by atoms with van der Waals surface area (Å²) in [6.45, 7) is 4.72. The van der Waals surface area contributed by atoms with Gasteiger partial charge in [-0.2, -0.15) is 0 Å². The number of nitrogens with zero attached hydrogens (tertiary/aromatic N) is 1. The van der Waals surface area contributed by atoms with Crippen LogP contribution in [0.25, 0.3) is 0 Å². The van der Waals surface area contributed by atoms with Crippen molar-refractivity contribution in [1.29, 1.82) is 0 Å². The number of carbonyl (C=O) groups excluding carboxylic acids is 2. The molecule has 1 atom stereocenters. The molecule has 0 aliphatic carbocycles. The Balaban J connectivity index is 1.67. The quantitative estimate of drug-likeness (QED) is 0.797. The Hall–Kier alpha value is -3.06. The summed E-state index contributed by atoms with van der Waals surface area (Å²) in [5, 5.41) is 2.79. The van der Waals surface area contributed by atoms with Crippen LogP contribution in [0.2, 0.25) is 0 Å². The molecule has 1 aliphatic heterocycles. The van der Waals surface area contributed by atoms with Crippen LogP contribution in [0.15, 0.2) is 48.5 Å². The molecule has 2 amide bonds. The van der Waals surface area contributed by atoms with Crippen LogP contribution >= 0.6 is 0 Å². The number of anilines is 1. The highest BCUT2D eigenvalue weighted by Gasteiger charge is 2.34. The van der Waals surface area contributed by atoms with Gasteiger partial charge in [0.05, 0.1) is 6.54 Å². The molecule has 1 aliphatic rings. The van der Waals surface area contributed by atoms with E-state index in [0.29, 0.717) is 42.5 Å². The first-order chi connectivity index (χ1) is 13.4. The van der Waals surface area contributed by atoms with Gasteiger partial charge in [-0.1, -0.05) is 30.3 Å². The summed E-state index contributed by atoms with van der Waals surface area (Å²) in [4.78, 5) is 26.9. The molecule has 2 aromatic carbocycles. The molecule has 148 valence electrons. The van der Waals surface area contributed by atoms with Gasteiger partial charge in [0, 0.05) is 18.3 Å². The summed E-state index contributed by atoms with van der Waals surface area (Å²) in [6, 6.07) is 14.3. The number of amides is 2. The van der Waals surface area contributed by atoms with E-state index in [1.807, 2.05) is 25.1 Å².